The van der Waals surface area contributed by atoms with Crippen LogP contribution in [0.25, 0.3) is 16.7 Å². The van der Waals surface area contributed by atoms with Gasteiger partial charge >= 0.3 is 0 Å². The lowest BCUT2D eigenvalue weighted by atomic mass is 9.86. The van der Waals surface area contributed by atoms with Crippen LogP contribution in [0.3, 0.4) is 0 Å². The maximum atomic E-state index is 14.8. The van der Waals surface area contributed by atoms with E-state index >= 15 is 0 Å². The van der Waals surface area contributed by atoms with Gasteiger partial charge in [0.25, 0.3) is 17.6 Å². The molecule has 2 aliphatic heterocycles. The number of hydrogen-bond acceptors (Lipinski definition) is 6. The second kappa shape index (κ2) is 8.36. The zero-order chi connectivity index (χ0) is 24.9. The number of aromatic nitrogens is 5. The Bertz CT molecular complexity index is 1480. The quantitative estimate of drug-likeness (QED) is 0.349. The van der Waals surface area contributed by atoms with Gasteiger partial charge in [0, 0.05) is 43.4 Å². The second-order valence-electron chi connectivity index (χ2n) is 9.38. The lowest BCUT2D eigenvalue weighted by Gasteiger charge is -2.24. The van der Waals surface area contributed by atoms with Crippen molar-refractivity contribution in [2.45, 2.75) is 12.8 Å². The molecule has 2 amide bonds. The van der Waals surface area contributed by atoms with Gasteiger partial charge in [-0.05, 0) is 25.0 Å². The van der Waals surface area contributed by atoms with Gasteiger partial charge in [-0.1, -0.05) is 23.4 Å². The zero-order valence-corrected chi connectivity index (χ0v) is 19.2. The predicted molar refractivity (Wildman–Crippen MR) is 126 cm³/mol. The Labute approximate surface area is 204 Å². The Morgan fingerprint density at radius 2 is 1.78 bits per heavy atom. The third-order valence-electron chi connectivity index (χ3n) is 7.19. The number of nitrogens with one attached hydrogen (secondary N) is 1. The van der Waals surface area contributed by atoms with Crippen LogP contribution >= 0.6 is 0 Å². The molecule has 4 aromatic rings. The van der Waals surface area contributed by atoms with Gasteiger partial charge in [-0.3, -0.25) is 14.4 Å². The first-order chi connectivity index (χ1) is 17.5. The number of carbonyl (C=O) groups excluding carboxylic acids is 3. The average molecular weight is 487 g/mol. The summed E-state index contributed by atoms with van der Waals surface area (Å²) >= 11 is 0. The fourth-order valence-electron chi connectivity index (χ4n) is 5.34. The lowest BCUT2D eigenvalue weighted by molar-refractivity contribution is -0.125. The molecule has 11 heteroatoms. The third kappa shape index (κ3) is 3.55. The summed E-state index contributed by atoms with van der Waals surface area (Å²) in [7, 11) is 0. The standard InChI is InChI=1S/C25H22FN7O3/c26-18-13-28-22(33-11-8-29-30-33)20-19(18)17(12-27-20)21(34)24(36)32-10-7-25(15-32)6-9-31(14-25)23(35)16-4-2-1-3-5-16/h1-5,8,11-13,27H,6-7,9-10,14-15H2. The summed E-state index contributed by atoms with van der Waals surface area (Å²) in [6.07, 6.45) is 6.79. The number of ketones is 1. The number of pyridine rings is 1. The van der Waals surface area contributed by atoms with Crippen molar-refractivity contribution >= 4 is 28.5 Å². The van der Waals surface area contributed by atoms with E-state index in [1.807, 2.05) is 23.1 Å². The van der Waals surface area contributed by atoms with Crippen molar-refractivity contribution in [2.75, 3.05) is 26.2 Å². The first-order valence-corrected chi connectivity index (χ1v) is 11.7. The van der Waals surface area contributed by atoms with Crippen molar-refractivity contribution in [1.29, 1.82) is 0 Å². The van der Waals surface area contributed by atoms with E-state index in [0.29, 0.717) is 38.2 Å². The average Bonchev–Trinajstić information content (AvgIpc) is 3.71. The molecule has 0 aliphatic carbocycles. The normalized spacial score (nSPS) is 19.5. The number of benzene rings is 1. The molecule has 1 aromatic carbocycles. The molecule has 3 aromatic heterocycles. The molecular weight excluding hydrogens is 465 g/mol. The van der Waals surface area contributed by atoms with Gasteiger partial charge in [0.1, 0.15) is 0 Å². The number of hydrogen-bond donors (Lipinski definition) is 1. The number of aromatic amines is 1. The summed E-state index contributed by atoms with van der Waals surface area (Å²) in [5.74, 6) is -1.94. The van der Waals surface area contributed by atoms with Crippen molar-refractivity contribution in [3.05, 3.63) is 72.1 Å². The molecule has 0 radical (unpaired) electrons. The number of fused-ring (bicyclic) bond motifs is 1. The van der Waals surface area contributed by atoms with E-state index < -0.39 is 17.5 Å². The van der Waals surface area contributed by atoms with E-state index in [1.54, 1.807) is 18.3 Å². The highest BCUT2D eigenvalue weighted by atomic mass is 19.1. The number of likely N-dealkylation sites (tertiary alicyclic amines) is 2. The molecule has 36 heavy (non-hydrogen) atoms. The van der Waals surface area contributed by atoms with E-state index in [2.05, 4.69) is 20.3 Å². The first kappa shape index (κ1) is 22.1. The minimum Gasteiger partial charge on any atom is -0.357 e. The number of H-pyrrole nitrogens is 1. The van der Waals surface area contributed by atoms with Gasteiger partial charge in [-0.15, -0.1) is 5.10 Å². The highest BCUT2D eigenvalue weighted by Crippen LogP contribution is 2.40. The minimum atomic E-state index is -0.789. The maximum absolute atomic E-state index is 14.8. The van der Waals surface area contributed by atoms with E-state index in [-0.39, 0.29) is 33.6 Å². The lowest BCUT2D eigenvalue weighted by Crippen LogP contribution is -2.38. The minimum absolute atomic E-state index is 0.0109. The summed E-state index contributed by atoms with van der Waals surface area (Å²) in [4.78, 5) is 49.6. The molecule has 182 valence electrons. The Morgan fingerprint density at radius 3 is 2.53 bits per heavy atom. The maximum Gasteiger partial charge on any atom is 0.295 e. The molecule has 1 N–H and O–H groups in total. The summed E-state index contributed by atoms with van der Waals surface area (Å²) < 4.78 is 16.1. The molecule has 5 heterocycles. The number of rotatable bonds is 4. The SMILES string of the molecule is O=C(C(=O)N1CCC2(CCN(C(=O)c3ccccc3)C2)C1)c1c[nH]c2c(-n3ccnn3)ncc(F)c12. The molecule has 10 nitrogen and oxygen atoms in total. The van der Waals surface area contributed by atoms with E-state index in [0.717, 1.165) is 12.6 Å². The molecule has 1 atom stereocenters. The second-order valence-corrected chi connectivity index (χ2v) is 9.38. The van der Waals surface area contributed by atoms with Crippen LogP contribution in [0.1, 0.15) is 33.6 Å². The van der Waals surface area contributed by atoms with E-state index in [4.69, 9.17) is 0 Å². The predicted octanol–water partition coefficient (Wildman–Crippen LogP) is 2.23. The number of Topliss-reactive ketones (excluding diaryl/α,β-unsaturated/α-hetero) is 1. The number of amides is 2. The first-order valence-electron chi connectivity index (χ1n) is 11.7. The van der Waals surface area contributed by atoms with Crippen molar-refractivity contribution in [3.8, 4) is 5.82 Å². The molecule has 2 aliphatic rings. The topological polar surface area (TPSA) is 117 Å². The highest BCUT2D eigenvalue weighted by Gasteiger charge is 2.47. The van der Waals surface area contributed by atoms with Crippen molar-refractivity contribution in [1.82, 2.24) is 34.8 Å². The number of carbonyl (C=O) groups is 3. The molecule has 2 saturated heterocycles. The van der Waals surface area contributed by atoms with Gasteiger partial charge in [0.15, 0.2) is 11.6 Å². The largest absolute Gasteiger partial charge is 0.357 e. The van der Waals surface area contributed by atoms with Crippen LogP contribution in [-0.2, 0) is 4.79 Å². The molecule has 0 bridgehead atoms. The van der Waals surface area contributed by atoms with E-state index in [1.165, 1.54) is 22.0 Å². The van der Waals surface area contributed by atoms with Crippen LogP contribution in [0.15, 0.2) is 55.1 Å². The summed E-state index contributed by atoms with van der Waals surface area (Å²) in [5.41, 5.74) is 0.595. The van der Waals surface area contributed by atoms with Crippen LogP contribution in [0.4, 0.5) is 4.39 Å². The molecule has 2 fully saturated rings. The summed E-state index contributed by atoms with van der Waals surface area (Å²) in [6, 6.07) is 9.12. The zero-order valence-electron chi connectivity index (χ0n) is 19.2. The van der Waals surface area contributed by atoms with Crippen LogP contribution < -0.4 is 0 Å². The summed E-state index contributed by atoms with van der Waals surface area (Å²) in [5, 5.41) is 7.59. The van der Waals surface area contributed by atoms with Crippen molar-refractivity contribution in [3.63, 3.8) is 0 Å². The van der Waals surface area contributed by atoms with E-state index in [9.17, 15) is 18.8 Å². The van der Waals surface area contributed by atoms with Crippen LogP contribution in [0, 0.1) is 11.2 Å². The monoisotopic (exact) mass is 487 g/mol. The fraction of sp³-hybridized carbons (Fsp3) is 0.280. The van der Waals surface area contributed by atoms with Crippen LogP contribution in [-0.4, -0.2) is 78.5 Å². The Balaban J connectivity index is 1.20. The van der Waals surface area contributed by atoms with Crippen molar-refractivity contribution in [2.24, 2.45) is 5.41 Å². The smallest absolute Gasteiger partial charge is 0.295 e. The van der Waals surface area contributed by atoms with Gasteiger partial charge in [0.2, 0.25) is 0 Å². The third-order valence-corrected chi connectivity index (χ3v) is 7.19. The number of nitrogens with zero attached hydrogens (tertiary/aromatic N) is 6. The van der Waals surface area contributed by atoms with Crippen LogP contribution in [0.2, 0.25) is 0 Å². The fourth-order valence-corrected chi connectivity index (χ4v) is 5.34. The van der Waals surface area contributed by atoms with Crippen LogP contribution in [0.5, 0.6) is 0 Å². The molecule has 1 spiro atoms. The van der Waals surface area contributed by atoms with Gasteiger partial charge in [0.05, 0.1) is 35.1 Å². The Hall–Kier alpha value is -4.41. The summed E-state index contributed by atoms with van der Waals surface area (Å²) in [6.45, 7) is 1.93. The van der Waals surface area contributed by atoms with Gasteiger partial charge in [-0.2, -0.15) is 0 Å². The molecule has 0 saturated carbocycles. The Kier molecular flexibility index (Phi) is 5.13. The van der Waals surface area contributed by atoms with Gasteiger partial charge < -0.3 is 14.8 Å². The highest BCUT2D eigenvalue weighted by molar-refractivity contribution is 6.45. The van der Waals surface area contributed by atoms with Gasteiger partial charge in [-0.25, -0.2) is 14.1 Å². The number of halogens is 1. The Morgan fingerprint density at radius 1 is 1.03 bits per heavy atom. The molecular formula is C25H22FN7O3. The molecule has 6 rings (SSSR count). The molecule has 1 unspecified atom stereocenters. The van der Waals surface area contributed by atoms with Crippen molar-refractivity contribution < 1.29 is 18.8 Å².